The molecule has 154 valence electrons. The predicted molar refractivity (Wildman–Crippen MR) is 97.5 cm³/mol. The first-order valence-corrected chi connectivity index (χ1v) is 9.86. The lowest BCUT2D eigenvalue weighted by Crippen LogP contribution is -2.42. The number of carbonyl (C=O) groups excluding carboxylic acids is 2. The largest absolute Gasteiger partial charge is 0.534 e. The molecular formula is C15H13F3INO7S. The van der Waals surface area contributed by atoms with Gasteiger partial charge in [0, 0.05) is 23.6 Å². The van der Waals surface area contributed by atoms with E-state index in [1.807, 2.05) is 22.6 Å². The smallest absolute Gasteiger partial charge is 0.419 e. The quantitative estimate of drug-likeness (QED) is 0.157. The van der Waals surface area contributed by atoms with Gasteiger partial charge >= 0.3 is 27.6 Å². The lowest BCUT2D eigenvalue weighted by atomic mass is 10.2. The van der Waals surface area contributed by atoms with Crippen molar-refractivity contribution in [1.82, 2.24) is 0 Å². The van der Waals surface area contributed by atoms with Crippen LogP contribution in [0, 0.1) is 10.5 Å². The minimum absolute atomic E-state index is 0.235. The van der Waals surface area contributed by atoms with Crippen LogP contribution in [-0.2, 0) is 29.2 Å². The van der Waals surface area contributed by atoms with Crippen molar-refractivity contribution < 1.29 is 44.8 Å². The molecule has 13 heteroatoms. The number of anilines is 1. The zero-order valence-electron chi connectivity index (χ0n) is 14.5. The molecule has 0 saturated carbocycles. The zero-order chi connectivity index (χ0) is 21.5. The van der Waals surface area contributed by atoms with Gasteiger partial charge in [0.15, 0.2) is 11.3 Å². The molecule has 0 aliphatic carbocycles. The first-order chi connectivity index (χ1) is 12.6. The summed E-state index contributed by atoms with van der Waals surface area (Å²) in [5.74, 6) is -4.20. The zero-order valence-corrected chi connectivity index (χ0v) is 17.5. The van der Waals surface area contributed by atoms with Crippen LogP contribution in [0.4, 0.5) is 18.9 Å². The summed E-state index contributed by atoms with van der Waals surface area (Å²) in [6.45, 7) is 4.20. The van der Waals surface area contributed by atoms with Crippen LogP contribution in [0.1, 0.15) is 19.4 Å². The van der Waals surface area contributed by atoms with Crippen molar-refractivity contribution in [1.29, 1.82) is 0 Å². The Labute approximate surface area is 171 Å². The first-order valence-electron chi connectivity index (χ1n) is 7.37. The van der Waals surface area contributed by atoms with E-state index in [0.29, 0.717) is 9.13 Å². The van der Waals surface area contributed by atoms with E-state index in [-0.39, 0.29) is 5.69 Å². The second-order valence-corrected chi connectivity index (χ2v) is 8.66. The molecule has 0 aromatic heterocycles. The number of cyclic esters (lactones) is 2. The van der Waals surface area contributed by atoms with Crippen LogP contribution in [0.5, 0.6) is 5.75 Å². The van der Waals surface area contributed by atoms with Crippen LogP contribution in [0.2, 0.25) is 0 Å². The highest BCUT2D eigenvalue weighted by atomic mass is 127. The second-order valence-electron chi connectivity index (χ2n) is 5.96. The van der Waals surface area contributed by atoms with E-state index in [1.165, 1.54) is 26.8 Å². The van der Waals surface area contributed by atoms with Crippen molar-refractivity contribution >= 4 is 50.3 Å². The third-order valence-corrected chi connectivity index (χ3v) is 5.36. The highest BCUT2D eigenvalue weighted by Crippen LogP contribution is 2.34. The van der Waals surface area contributed by atoms with Gasteiger partial charge in [-0.3, -0.25) is 0 Å². The Morgan fingerprint density at radius 3 is 2.21 bits per heavy atom. The van der Waals surface area contributed by atoms with Gasteiger partial charge in [-0.15, -0.1) is 0 Å². The minimum Gasteiger partial charge on any atom is -0.419 e. The number of nitrogens with one attached hydrogen (secondary N) is 1. The van der Waals surface area contributed by atoms with E-state index >= 15 is 0 Å². The summed E-state index contributed by atoms with van der Waals surface area (Å²) in [5, 5.41) is 2.39. The Bertz CT molecular complexity index is 949. The maximum absolute atomic E-state index is 12.6. The lowest BCUT2D eigenvalue weighted by molar-refractivity contribution is -0.222. The van der Waals surface area contributed by atoms with Crippen molar-refractivity contribution in [2.45, 2.75) is 32.1 Å². The monoisotopic (exact) mass is 535 g/mol. The Hall–Kier alpha value is -2.03. The first kappa shape index (κ1) is 22.3. The molecule has 0 atom stereocenters. The van der Waals surface area contributed by atoms with Crippen LogP contribution in [0.3, 0.4) is 0 Å². The fourth-order valence-corrected chi connectivity index (χ4v) is 2.87. The Morgan fingerprint density at radius 2 is 1.71 bits per heavy atom. The van der Waals surface area contributed by atoms with Gasteiger partial charge in [-0.2, -0.15) is 21.6 Å². The van der Waals surface area contributed by atoms with E-state index in [4.69, 9.17) is 9.47 Å². The minimum atomic E-state index is -5.93. The molecular weight excluding hydrogens is 522 g/mol. The number of rotatable bonds is 4. The van der Waals surface area contributed by atoms with Gasteiger partial charge < -0.3 is 19.0 Å². The molecule has 1 fully saturated rings. The molecule has 28 heavy (non-hydrogen) atoms. The highest BCUT2D eigenvalue weighted by molar-refractivity contribution is 14.1. The number of aryl methyl sites for hydroxylation is 1. The summed E-state index contributed by atoms with van der Waals surface area (Å²) in [4.78, 5) is 23.8. The number of alkyl halides is 3. The highest BCUT2D eigenvalue weighted by Gasteiger charge is 2.49. The fraction of sp³-hybridized carbons (Fsp3) is 0.333. The topological polar surface area (TPSA) is 108 Å². The summed E-state index contributed by atoms with van der Waals surface area (Å²) in [5.41, 5.74) is -6.01. The van der Waals surface area contributed by atoms with Gasteiger partial charge in [-0.25, -0.2) is 9.59 Å². The number of halogens is 4. The fourth-order valence-electron chi connectivity index (χ4n) is 1.93. The molecule has 8 nitrogen and oxygen atoms in total. The van der Waals surface area contributed by atoms with Crippen LogP contribution >= 0.6 is 22.6 Å². The molecule has 2 rings (SSSR count). The van der Waals surface area contributed by atoms with E-state index in [9.17, 15) is 31.2 Å². The van der Waals surface area contributed by atoms with Gasteiger partial charge in [0.2, 0.25) is 0 Å². The molecule has 1 aliphatic rings. The number of hydrogen-bond acceptors (Lipinski definition) is 8. The number of hydrogen-bond donors (Lipinski definition) is 1. The maximum atomic E-state index is 12.6. The normalized spacial score (nSPS) is 16.9. The van der Waals surface area contributed by atoms with E-state index in [0.717, 1.165) is 12.3 Å². The van der Waals surface area contributed by atoms with Crippen molar-refractivity contribution in [2.75, 3.05) is 5.32 Å². The van der Waals surface area contributed by atoms with E-state index < -0.39 is 44.7 Å². The summed E-state index contributed by atoms with van der Waals surface area (Å²) >= 11 is 1.86. The van der Waals surface area contributed by atoms with E-state index in [2.05, 4.69) is 9.50 Å². The molecule has 1 heterocycles. The molecule has 1 aromatic carbocycles. The average Bonchev–Trinajstić information content (AvgIpc) is 2.48. The predicted octanol–water partition coefficient (Wildman–Crippen LogP) is 2.96. The molecule has 0 unspecified atom stereocenters. The molecule has 1 N–H and O–H groups in total. The Kier molecular flexibility index (Phi) is 5.90. The van der Waals surface area contributed by atoms with Crippen molar-refractivity contribution in [2.24, 2.45) is 0 Å². The van der Waals surface area contributed by atoms with Crippen LogP contribution in [0.15, 0.2) is 23.9 Å². The molecule has 0 bridgehead atoms. The van der Waals surface area contributed by atoms with E-state index in [1.54, 1.807) is 0 Å². The Morgan fingerprint density at radius 1 is 1.18 bits per heavy atom. The van der Waals surface area contributed by atoms with Crippen LogP contribution in [-0.4, -0.2) is 31.7 Å². The maximum Gasteiger partial charge on any atom is 0.534 e. The van der Waals surface area contributed by atoms with Crippen molar-refractivity contribution in [3.05, 3.63) is 33.0 Å². The van der Waals surface area contributed by atoms with Crippen molar-refractivity contribution in [3.8, 4) is 5.75 Å². The van der Waals surface area contributed by atoms with Crippen LogP contribution in [0.25, 0.3) is 0 Å². The van der Waals surface area contributed by atoms with Crippen molar-refractivity contribution in [3.63, 3.8) is 0 Å². The second kappa shape index (κ2) is 7.42. The molecule has 1 aliphatic heterocycles. The summed E-state index contributed by atoms with van der Waals surface area (Å²) in [7, 11) is -5.93. The number of carbonyl (C=O) groups is 2. The third-order valence-electron chi connectivity index (χ3n) is 3.23. The average molecular weight is 535 g/mol. The molecule has 1 aromatic rings. The van der Waals surface area contributed by atoms with Gasteiger partial charge in [0.05, 0.1) is 5.69 Å². The Balaban J connectivity index is 2.40. The van der Waals surface area contributed by atoms with Gasteiger partial charge in [0.1, 0.15) is 0 Å². The molecule has 0 radical (unpaired) electrons. The van der Waals surface area contributed by atoms with Crippen LogP contribution < -0.4 is 9.50 Å². The van der Waals surface area contributed by atoms with Gasteiger partial charge in [-0.1, -0.05) is 0 Å². The third kappa shape index (κ3) is 4.87. The summed E-state index contributed by atoms with van der Waals surface area (Å²) < 4.78 is 74.9. The standard InChI is InChI=1S/C15H13F3INO7S/c1-7-4-11(27-28(23,24)15(16,17)18)10(5-9(7)19)20-6-8-12(21)25-14(2,3)26-13(8)22/h4-6,20H,1-3H3. The lowest BCUT2D eigenvalue weighted by Gasteiger charge is -2.29. The number of benzene rings is 1. The number of esters is 2. The van der Waals surface area contributed by atoms with Gasteiger partial charge in [-0.05, 0) is 47.2 Å². The summed E-state index contributed by atoms with van der Waals surface area (Å²) in [6, 6.07) is 2.34. The van der Waals surface area contributed by atoms with Gasteiger partial charge in [0.25, 0.3) is 5.79 Å². The molecule has 1 saturated heterocycles. The summed E-state index contributed by atoms with van der Waals surface area (Å²) in [6.07, 6.45) is 0.827. The molecule has 0 spiro atoms. The molecule has 0 amide bonds. The SMILES string of the molecule is Cc1cc(OS(=O)(=O)C(F)(F)F)c(NC=C2C(=O)OC(C)(C)OC2=O)cc1I. The number of ether oxygens (including phenoxy) is 2.